The zero-order valence-corrected chi connectivity index (χ0v) is 14.1. The average Bonchev–Trinajstić information content (AvgIpc) is 2.94. The Morgan fingerprint density at radius 2 is 2.14 bits per heavy atom. The summed E-state index contributed by atoms with van der Waals surface area (Å²) in [5.41, 5.74) is 0.936. The van der Waals surface area contributed by atoms with E-state index in [1.165, 1.54) is 11.3 Å². The maximum atomic E-state index is 12.3. The highest BCUT2D eigenvalue weighted by Crippen LogP contribution is 2.27. The molecule has 2 heterocycles. The minimum absolute atomic E-state index is 0.0305. The van der Waals surface area contributed by atoms with E-state index in [4.69, 9.17) is 0 Å². The third kappa shape index (κ3) is 3.61. The predicted molar refractivity (Wildman–Crippen MR) is 84.4 cm³/mol. The van der Waals surface area contributed by atoms with Crippen LogP contribution < -0.4 is 5.32 Å². The summed E-state index contributed by atoms with van der Waals surface area (Å²) in [5, 5.41) is 5.43. The van der Waals surface area contributed by atoms with Crippen LogP contribution in [-0.4, -0.2) is 34.3 Å². The largest absolute Gasteiger partial charge is 0.339 e. The Bertz CT molecular complexity index is 545. The van der Waals surface area contributed by atoms with Gasteiger partial charge in [-0.2, -0.15) is 0 Å². The van der Waals surface area contributed by atoms with Crippen LogP contribution in [0.2, 0.25) is 0 Å². The van der Waals surface area contributed by atoms with Gasteiger partial charge >= 0.3 is 0 Å². The van der Waals surface area contributed by atoms with Crippen LogP contribution in [-0.2, 0) is 15.0 Å². The summed E-state index contributed by atoms with van der Waals surface area (Å²) in [6.45, 7) is 10.7. The third-order valence-electron chi connectivity index (χ3n) is 3.66. The number of anilines is 1. The van der Waals surface area contributed by atoms with Gasteiger partial charge in [0, 0.05) is 29.8 Å². The topological polar surface area (TPSA) is 62.3 Å². The number of likely N-dealkylation sites (tertiary alicyclic amines) is 1. The van der Waals surface area contributed by atoms with E-state index in [9.17, 15) is 9.59 Å². The molecule has 116 valence electrons. The second kappa shape index (κ2) is 5.75. The maximum Gasteiger partial charge on any atom is 0.231 e. The molecule has 1 saturated heterocycles. The number of thiazole rings is 1. The van der Waals surface area contributed by atoms with Gasteiger partial charge in [-0.15, -0.1) is 11.3 Å². The van der Waals surface area contributed by atoms with Crippen LogP contribution in [0.4, 0.5) is 5.13 Å². The number of hydrogen-bond acceptors (Lipinski definition) is 4. The minimum atomic E-state index is -0.276. The Morgan fingerprint density at radius 1 is 1.48 bits per heavy atom. The second-order valence-corrected chi connectivity index (χ2v) is 7.68. The molecule has 1 atom stereocenters. The molecule has 1 aliphatic rings. The van der Waals surface area contributed by atoms with Crippen molar-refractivity contribution in [2.45, 2.75) is 52.5 Å². The number of nitrogens with one attached hydrogen (secondary N) is 1. The maximum absolute atomic E-state index is 12.3. The van der Waals surface area contributed by atoms with E-state index in [1.807, 2.05) is 19.2 Å². The SMILES string of the molecule is CC(C)N1CC(C(=O)Nc2nc(C(C)(C)C)cs2)CC1=O. The van der Waals surface area contributed by atoms with Crippen molar-refractivity contribution < 1.29 is 9.59 Å². The van der Waals surface area contributed by atoms with E-state index in [2.05, 4.69) is 31.1 Å². The van der Waals surface area contributed by atoms with E-state index in [0.717, 1.165) is 5.69 Å². The molecule has 1 unspecified atom stereocenters. The van der Waals surface area contributed by atoms with E-state index < -0.39 is 0 Å². The molecule has 6 heteroatoms. The smallest absolute Gasteiger partial charge is 0.231 e. The van der Waals surface area contributed by atoms with Crippen LogP contribution in [0.25, 0.3) is 0 Å². The highest BCUT2D eigenvalue weighted by atomic mass is 32.1. The van der Waals surface area contributed by atoms with Crippen molar-refractivity contribution in [3.8, 4) is 0 Å². The number of carbonyl (C=O) groups excluding carboxylic acids is 2. The Balaban J connectivity index is 2.00. The molecular weight excluding hydrogens is 286 g/mol. The number of nitrogens with zero attached hydrogens (tertiary/aromatic N) is 2. The molecule has 5 nitrogen and oxygen atoms in total. The predicted octanol–water partition coefficient (Wildman–Crippen LogP) is 2.64. The summed E-state index contributed by atoms with van der Waals surface area (Å²) in [5.74, 6) is -0.331. The van der Waals surface area contributed by atoms with Gasteiger partial charge in [-0.1, -0.05) is 20.8 Å². The molecule has 0 saturated carbocycles. The van der Waals surface area contributed by atoms with Crippen molar-refractivity contribution in [2.24, 2.45) is 5.92 Å². The Labute approximate surface area is 129 Å². The van der Waals surface area contributed by atoms with E-state index in [0.29, 0.717) is 18.1 Å². The lowest BCUT2D eigenvalue weighted by Gasteiger charge is -2.20. The van der Waals surface area contributed by atoms with Crippen LogP contribution >= 0.6 is 11.3 Å². The fourth-order valence-corrected chi connectivity index (χ4v) is 3.23. The summed E-state index contributed by atoms with van der Waals surface area (Å²) in [7, 11) is 0. The van der Waals surface area contributed by atoms with E-state index >= 15 is 0 Å². The lowest BCUT2D eigenvalue weighted by atomic mass is 9.93. The van der Waals surface area contributed by atoms with Crippen LogP contribution in [0.1, 0.15) is 46.7 Å². The summed E-state index contributed by atoms with van der Waals surface area (Å²) in [4.78, 5) is 30.3. The van der Waals surface area contributed by atoms with Gasteiger partial charge in [0.25, 0.3) is 0 Å². The number of rotatable bonds is 3. The number of amides is 2. The molecule has 1 aromatic rings. The Hall–Kier alpha value is -1.43. The quantitative estimate of drug-likeness (QED) is 0.933. The van der Waals surface area contributed by atoms with Crippen LogP contribution in [0, 0.1) is 5.92 Å². The van der Waals surface area contributed by atoms with Crippen molar-refractivity contribution in [3.63, 3.8) is 0 Å². The van der Waals surface area contributed by atoms with Crippen LogP contribution in [0.5, 0.6) is 0 Å². The monoisotopic (exact) mass is 309 g/mol. The van der Waals surface area contributed by atoms with Crippen LogP contribution in [0.3, 0.4) is 0 Å². The van der Waals surface area contributed by atoms with Gasteiger partial charge in [-0.05, 0) is 13.8 Å². The van der Waals surface area contributed by atoms with Crippen molar-refractivity contribution in [1.82, 2.24) is 9.88 Å². The fourth-order valence-electron chi connectivity index (χ4n) is 2.29. The summed E-state index contributed by atoms with van der Waals surface area (Å²) in [6.07, 6.45) is 0.293. The first kappa shape index (κ1) is 15.9. The van der Waals surface area contributed by atoms with Crippen LogP contribution in [0.15, 0.2) is 5.38 Å². The molecule has 1 fully saturated rings. The van der Waals surface area contributed by atoms with Gasteiger partial charge in [0.2, 0.25) is 11.8 Å². The lowest BCUT2D eigenvalue weighted by Crippen LogP contribution is -2.33. The van der Waals surface area contributed by atoms with Crippen molar-refractivity contribution >= 4 is 28.3 Å². The third-order valence-corrected chi connectivity index (χ3v) is 4.41. The van der Waals surface area contributed by atoms with Gasteiger partial charge < -0.3 is 10.2 Å². The first-order valence-corrected chi connectivity index (χ1v) is 8.13. The molecule has 0 spiro atoms. The van der Waals surface area contributed by atoms with E-state index in [1.54, 1.807) is 4.90 Å². The fraction of sp³-hybridized carbons (Fsp3) is 0.667. The average molecular weight is 309 g/mol. The number of hydrogen-bond donors (Lipinski definition) is 1. The van der Waals surface area contributed by atoms with Crippen molar-refractivity contribution in [2.75, 3.05) is 11.9 Å². The van der Waals surface area contributed by atoms with Gasteiger partial charge in [-0.3, -0.25) is 9.59 Å². The molecule has 0 aromatic carbocycles. The Morgan fingerprint density at radius 3 is 2.62 bits per heavy atom. The molecule has 1 aliphatic heterocycles. The molecular formula is C15H23N3O2S. The highest BCUT2D eigenvalue weighted by molar-refractivity contribution is 7.13. The number of carbonyl (C=O) groups is 2. The number of aromatic nitrogens is 1. The molecule has 2 amide bonds. The first-order chi connectivity index (χ1) is 9.68. The van der Waals surface area contributed by atoms with Gasteiger partial charge in [0.05, 0.1) is 11.6 Å². The second-order valence-electron chi connectivity index (χ2n) is 6.82. The zero-order valence-electron chi connectivity index (χ0n) is 13.3. The first-order valence-electron chi connectivity index (χ1n) is 7.25. The lowest BCUT2D eigenvalue weighted by molar-refractivity contribution is -0.129. The summed E-state index contributed by atoms with van der Waals surface area (Å²) < 4.78 is 0. The zero-order chi connectivity index (χ0) is 15.8. The molecule has 21 heavy (non-hydrogen) atoms. The molecule has 0 bridgehead atoms. The molecule has 2 rings (SSSR count). The van der Waals surface area contributed by atoms with Crippen molar-refractivity contribution in [1.29, 1.82) is 0 Å². The van der Waals surface area contributed by atoms with Gasteiger partial charge in [-0.25, -0.2) is 4.98 Å². The molecule has 1 N–H and O–H groups in total. The molecule has 0 radical (unpaired) electrons. The summed E-state index contributed by atoms with van der Waals surface area (Å²) in [6, 6.07) is 0.141. The Kier molecular flexibility index (Phi) is 4.37. The highest BCUT2D eigenvalue weighted by Gasteiger charge is 2.35. The molecule has 0 aliphatic carbocycles. The minimum Gasteiger partial charge on any atom is -0.339 e. The normalized spacial score (nSPS) is 19.4. The van der Waals surface area contributed by atoms with Crippen molar-refractivity contribution in [3.05, 3.63) is 11.1 Å². The summed E-state index contributed by atoms with van der Waals surface area (Å²) >= 11 is 1.43. The van der Waals surface area contributed by atoms with Gasteiger partial charge in [0.1, 0.15) is 0 Å². The molecule has 1 aromatic heterocycles. The van der Waals surface area contributed by atoms with Gasteiger partial charge in [0.15, 0.2) is 5.13 Å². The van der Waals surface area contributed by atoms with E-state index in [-0.39, 0.29) is 29.2 Å². The standard InChI is InChI=1S/C15H23N3O2S/c1-9(2)18-7-10(6-12(18)19)13(20)17-14-16-11(8-21-14)15(3,4)5/h8-10H,6-7H2,1-5H3,(H,16,17,20).